The van der Waals surface area contributed by atoms with E-state index in [1.807, 2.05) is 26.8 Å². The fraction of sp³-hybridized carbons (Fsp3) is 0.500. The van der Waals surface area contributed by atoms with E-state index in [-0.39, 0.29) is 11.7 Å². The Morgan fingerprint density at radius 3 is 2.39 bits per heavy atom. The maximum absolute atomic E-state index is 11.3. The van der Waals surface area contributed by atoms with E-state index in [0.717, 1.165) is 15.6 Å². The summed E-state index contributed by atoms with van der Waals surface area (Å²) >= 11 is 3.44. The van der Waals surface area contributed by atoms with Crippen molar-refractivity contribution in [1.82, 2.24) is 0 Å². The molecule has 0 N–H and O–H groups in total. The molecule has 0 saturated heterocycles. The second-order valence-corrected chi connectivity index (χ2v) is 8.05. The molecule has 3 nitrogen and oxygen atoms in total. The van der Waals surface area contributed by atoms with Gasteiger partial charge in [-0.15, -0.1) is 0 Å². The minimum absolute atomic E-state index is 0.230. The van der Waals surface area contributed by atoms with Crippen LogP contribution in [0.25, 0.3) is 0 Å². The molecule has 0 amide bonds. The van der Waals surface area contributed by atoms with Gasteiger partial charge in [0.1, 0.15) is 5.75 Å². The van der Waals surface area contributed by atoms with Crippen LogP contribution in [0.4, 0.5) is 0 Å². The maximum atomic E-state index is 11.3. The monoisotopic (exact) mass is 354 g/mol. The Hall–Kier alpha value is -0.260. The highest BCUT2D eigenvalue weighted by Crippen LogP contribution is 2.37. The highest BCUT2D eigenvalue weighted by Gasteiger charge is 2.21. The number of ether oxygens (including phenoxy) is 1. The van der Waals surface area contributed by atoms with Gasteiger partial charge in [0.15, 0.2) is 0 Å². The Morgan fingerprint density at radius 1 is 1.44 bits per heavy atom. The summed E-state index contributed by atoms with van der Waals surface area (Å²) in [6, 6.07) is 1.96. The van der Waals surface area contributed by atoms with Gasteiger partial charge in [-0.05, 0) is 30.0 Å². The first kappa shape index (κ1) is 15.8. The molecule has 102 valence electrons. The third-order valence-electron chi connectivity index (χ3n) is 2.77. The minimum Gasteiger partial charge on any atom is -0.496 e. The van der Waals surface area contributed by atoms with Crippen LogP contribution >= 0.6 is 26.6 Å². The van der Waals surface area contributed by atoms with E-state index in [0.29, 0.717) is 11.3 Å². The van der Waals surface area contributed by atoms with E-state index in [1.165, 1.54) is 0 Å². The zero-order valence-electron chi connectivity index (χ0n) is 10.8. The number of hydrogen-bond acceptors (Lipinski definition) is 3. The molecule has 0 fully saturated rings. The summed E-state index contributed by atoms with van der Waals surface area (Å²) in [6.45, 7) is 5.89. The van der Waals surface area contributed by atoms with Crippen molar-refractivity contribution in [1.29, 1.82) is 0 Å². The van der Waals surface area contributed by atoms with Gasteiger partial charge in [-0.2, -0.15) is 0 Å². The van der Waals surface area contributed by atoms with Crippen molar-refractivity contribution in [2.24, 2.45) is 0 Å². The Kier molecular flexibility index (Phi) is 5.09. The number of methoxy groups -OCH3 is 1. The van der Waals surface area contributed by atoms with Crippen LogP contribution in [0.5, 0.6) is 5.75 Å². The molecule has 0 saturated carbocycles. The summed E-state index contributed by atoms with van der Waals surface area (Å²) in [5.74, 6) is 0.603. The lowest BCUT2D eigenvalue weighted by atomic mass is 9.96. The molecule has 0 aliphatic rings. The first-order valence-corrected chi connectivity index (χ1v) is 8.72. The molecule has 1 rings (SSSR count). The average Bonchev–Trinajstić information content (AvgIpc) is 2.22. The van der Waals surface area contributed by atoms with Crippen LogP contribution in [-0.2, 0) is 14.8 Å². The third-order valence-corrected chi connectivity index (χ3v) is 4.56. The quantitative estimate of drug-likeness (QED) is 0.768. The average molecular weight is 356 g/mol. The predicted octanol–water partition coefficient (Wildman–Crippen LogP) is 3.96. The standard InChI is InChI=1S/C12H16BrClO3S/c1-7(2)9-5-11(13)8(3)10(12(9)17-4)6-18(14,15)16/h5,7H,6H2,1-4H3. The number of rotatable bonds is 4. The number of halogens is 2. The van der Waals surface area contributed by atoms with Crippen LogP contribution in [0.3, 0.4) is 0 Å². The van der Waals surface area contributed by atoms with Gasteiger partial charge >= 0.3 is 0 Å². The smallest absolute Gasteiger partial charge is 0.236 e. The van der Waals surface area contributed by atoms with Crippen molar-refractivity contribution < 1.29 is 13.2 Å². The second kappa shape index (κ2) is 5.80. The van der Waals surface area contributed by atoms with Gasteiger partial charge in [0.2, 0.25) is 9.05 Å². The molecule has 0 aromatic heterocycles. The molecule has 0 aliphatic heterocycles. The summed E-state index contributed by atoms with van der Waals surface area (Å²) in [5.41, 5.74) is 2.41. The van der Waals surface area contributed by atoms with E-state index >= 15 is 0 Å². The van der Waals surface area contributed by atoms with Gasteiger partial charge in [-0.1, -0.05) is 29.8 Å². The first-order valence-electron chi connectivity index (χ1n) is 5.45. The van der Waals surface area contributed by atoms with Crippen LogP contribution in [0, 0.1) is 6.92 Å². The third kappa shape index (κ3) is 3.62. The maximum Gasteiger partial charge on any atom is 0.236 e. The molecule has 0 aliphatic carbocycles. The largest absolute Gasteiger partial charge is 0.496 e. The van der Waals surface area contributed by atoms with Crippen molar-refractivity contribution in [2.45, 2.75) is 32.4 Å². The molecule has 0 heterocycles. The van der Waals surface area contributed by atoms with Crippen LogP contribution in [-0.4, -0.2) is 15.5 Å². The second-order valence-electron chi connectivity index (χ2n) is 4.42. The molecule has 0 atom stereocenters. The lowest BCUT2D eigenvalue weighted by Gasteiger charge is -2.19. The molecule has 0 unspecified atom stereocenters. The molecule has 6 heteroatoms. The van der Waals surface area contributed by atoms with E-state index in [9.17, 15) is 8.42 Å². The summed E-state index contributed by atoms with van der Waals surface area (Å²) in [5, 5.41) is 0. The van der Waals surface area contributed by atoms with E-state index < -0.39 is 9.05 Å². The Morgan fingerprint density at radius 2 is 2.00 bits per heavy atom. The minimum atomic E-state index is -3.62. The molecule has 1 aromatic rings. The van der Waals surface area contributed by atoms with Gasteiger partial charge in [0, 0.05) is 20.7 Å². The van der Waals surface area contributed by atoms with E-state index in [2.05, 4.69) is 15.9 Å². The van der Waals surface area contributed by atoms with Gasteiger partial charge in [0.05, 0.1) is 12.9 Å². The number of benzene rings is 1. The van der Waals surface area contributed by atoms with Crippen molar-refractivity contribution >= 4 is 35.7 Å². The van der Waals surface area contributed by atoms with E-state index in [4.69, 9.17) is 15.4 Å². The summed E-state index contributed by atoms with van der Waals surface area (Å²) in [6.07, 6.45) is 0. The lowest BCUT2D eigenvalue weighted by molar-refractivity contribution is 0.403. The molecule has 0 spiro atoms. The molecule has 0 bridgehead atoms. The van der Waals surface area contributed by atoms with Crippen LogP contribution < -0.4 is 4.74 Å². The van der Waals surface area contributed by atoms with Gasteiger partial charge in [-0.25, -0.2) is 8.42 Å². The highest BCUT2D eigenvalue weighted by atomic mass is 79.9. The zero-order chi connectivity index (χ0) is 14.1. The summed E-state index contributed by atoms with van der Waals surface area (Å²) in [7, 11) is 3.27. The highest BCUT2D eigenvalue weighted by molar-refractivity contribution is 9.10. The summed E-state index contributed by atoms with van der Waals surface area (Å²) in [4.78, 5) is 0. The number of hydrogen-bond donors (Lipinski definition) is 0. The van der Waals surface area contributed by atoms with Crippen molar-refractivity contribution in [3.63, 3.8) is 0 Å². The van der Waals surface area contributed by atoms with Crippen LogP contribution in [0.2, 0.25) is 0 Å². The fourth-order valence-corrected chi connectivity index (χ4v) is 3.32. The Labute approximate surface area is 121 Å². The molecule has 18 heavy (non-hydrogen) atoms. The van der Waals surface area contributed by atoms with Crippen LogP contribution in [0.15, 0.2) is 10.5 Å². The van der Waals surface area contributed by atoms with Gasteiger partial charge < -0.3 is 4.74 Å². The Bertz CT molecular complexity index is 553. The Balaban J connectivity index is 3.55. The lowest BCUT2D eigenvalue weighted by Crippen LogP contribution is -2.05. The van der Waals surface area contributed by atoms with Crippen molar-refractivity contribution in [2.75, 3.05) is 7.11 Å². The van der Waals surface area contributed by atoms with Crippen LogP contribution in [0.1, 0.15) is 36.5 Å². The van der Waals surface area contributed by atoms with Gasteiger partial charge in [-0.3, -0.25) is 0 Å². The molecule has 1 aromatic carbocycles. The molecular weight excluding hydrogens is 340 g/mol. The first-order chi connectivity index (χ1) is 8.17. The van der Waals surface area contributed by atoms with Crippen molar-refractivity contribution in [3.05, 3.63) is 27.2 Å². The normalized spacial score (nSPS) is 11.9. The van der Waals surface area contributed by atoms with Crippen molar-refractivity contribution in [3.8, 4) is 5.75 Å². The topological polar surface area (TPSA) is 43.4 Å². The van der Waals surface area contributed by atoms with E-state index in [1.54, 1.807) is 7.11 Å². The molecular formula is C12H16BrClO3S. The zero-order valence-corrected chi connectivity index (χ0v) is 13.9. The molecule has 0 radical (unpaired) electrons. The fourth-order valence-electron chi connectivity index (χ4n) is 1.82. The summed E-state index contributed by atoms with van der Waals surface area (Å²) < 4.78 is 28.9. The SMILES string of the molecule is COc1c(C(C)C)cc(Br)c(C)c1CS(=O)(=O)Cl. The predicted molar refractivity (Wildman–Crippen MR) is 78.0 cm³/mol. The van der Waals surface area contributed by atoms with Gasteiger partial charge in [0.25, 0.3) is 0 Å².